The fourth-order valence-electron chi connectivity index (χ4n) is 2.30. The van der Waals surface area contributed by atoms with E-state index in [1.165, 1.54) is 12.8 Å². The molecule has 0 bridgehead atoms. The maximum Gasteiger partial charge on any atom is 0.252 e. The third kappa shape index (κ3) is 2.58. The minimum atomic E-state index is -0.0744. The Hall–Kier alpha value is -1.94. The zero-order valence-corrected chi connectivity index (χ0v) is 10.7. The highest BCUT2D eigenvalue weighted by Gasteiger charge is 2.28. The molecule has 98 valence electrons. The van der Waals surface area contributed by atoms with Crippen LogP contribution in [0.5, 0.6) is 0 Å². The van der Waals surface area contributed by atoms with Gasteiger partial charge in [-0.3, -0.25) is 9.78 Å². The van der Waals surface area contributed by atoms with Crippen molar-refractivity contribution < 1.29 is 4.79 Å². The Bertz CT molecular complexity index is 602. The zero-order chi connectivity index (χ0) is 13.2. The maximum atomic E-state index is 12.2. The van der Waals surface area contributed by atoms with Crippen LogP contribution in [-0.2, 0) is 0 Å². The van der Waals surface area contributed by atoms with E-state index in [2.05, 4.69) is 10.3 Å². The molecule has 0 aliphatic heterocycles. The Morgan fingerprint density at radius 1 is 1.37 bits per heavy atom. The molecule has 1 aliphatic carbocycles. The Morgan fingerprint density at radius 2 is 2.21 bits per heavy atom. The first-order chi connectivity index (χ1) is 9.25. The lowest BCUT2D eigenvalue weighted by molar-refractivity contribution is 0.0952. The quantitative estimate of drug-likeness (QED) is 0.873. The number of carbonyl (C=O) groups excluding carboxylic acids is 1. The fraction of sp³-hybridized carbons (Fsp3) is 0.333. The first-order valence-electron chi connectivity index (χ1n) is 6.63. The van der Waals surface area contributed by atoms with Crippen LogP contribution in [0.25, 0.3) is 10.9 Å². The second-order valence-electron chi connectivity index (χ2n) is 5.09. The monoisotopic (exact) mass is 255 g/mol. The van der Waals surface area contributed by atoms with Crippen molar-refractivity contribution in [3.05, 3.63) is 42.1 Å². The van der Waals surface area contributed by atoms with E-state index < -0.39 is 0 Å². The topological polar surface area (TPSA) is 68.0 Å². The maximum absolute atomic E-state index is 12.2. The van der Waals surface area contributed by atoms with Crippen molar-refractivity contribution in [1.82, 2.24) is 10.3 Å². The molecule has 0 spiro atoms. The normalized spacial score (nSPS) is 16.3. The molecule has 1 atom stereocenters. The largest absolute Gasteiger partial charge is 0.350 e. The molecular weight excluding hydrogens is 238 g/mol. The molecule has 1 aliphatic rings. The van der Waals surface area contributed by atoms with Gasteiger partial charge in [0.15, 0.2) is 0 Å². The summed E-state index contributed by atoms with van der Waals surface area (Å²) in [6, 6.07) is 9.42. The van der Waals surface area contributed by atoms with Crippen molar-refractivity contribution >= 4 is 16.8 Å². The number of nitrogens with two attached hydrogens (primary N) is 1. The molecule has 4 heteroatoms. The second kappa shape index (κ2) is 4.97. The molecule has 3 rings (SSSR count). The van der Waals surface area contributed by atoms with Gasteiger partial charge in [0.05, 0.1) is 5.52 Å². The van der Waals surface area contributed by atoms with Gasteiger partial charge in [0.25, 0.3) is 5.91 Å². The van der Waals surface area contributed by atoms with Gasteiger partial charge in [0.1, 0.15) is 0 Å². The minimum Gasteiger partial charge on any atom is -0.350 e. The van der Waals surface area contributed by atoms with E-state index in [4.69, 9.17) is 5.73 Å². The number of carbonyl (C=O) groups is 1. The molecule has 2 aromatic rings. The van der Waals surface area contributed by atoms with Crippen molar-refractivity contribution in [1.29, 1.82) is 0 Å². The molecule has 0 radical (unpaired) electrons. The molecule has 1 amide bonds. The molecule has 1 aromatic heterocycles. The summed E-state index contributed by atoms with van der Waals surface area (Å²) in [4.78, 5) is 16.5. The number of hydrogen-bond acceptors (Lipinski definition) is 3. The summed E-state index contributed by atoms with van der Waals surface area (Å²) in [5.41, 5.74) is 7.49. The van der Waals surface area contributed by atoms with Gasteiger partial charge in [-0.05, 0) is 37.0 Å². The van der Waals surface area contributed by atoms with E-state index >= 15 is 0 Å². The van der Waals surface area contributed by atoms with E-state index in [1.807, 2.05) is 30.3 Å². The van der Waals surface area contributed by atoms with Gasteiger partial charge in [-0.15, -0.1) is 0 Å². The SMILES string of the molecule is N[C@H](CNC(=O)c1cccc2ncccc12)C1CC1. The number of amides is 1. The molecule has 0 unspecified atom stereocenters. The number of pyridine rings is 1. The molecule has 1 fully saturated rings. The van der Waals surface area contributed by atoms with Crippen molar-refractivity contribution in [3.8, 4) is 0 Å². The smallest absolute Gasteiger partial charge is 0.252 e. The minimum absolute atomic E-state index is 0.0744. The average Bonchev–Trinajstić information content (AvgIpc) is 3.28. The van der Waals surface area contributed by atoms with Crippen molar-refractivity contribution in [2.24, 2.45) is 11.7 Å². The van der Waals surface area contributed by atoms with Crippen LogP contribution in [0.15, 0.2) is 36.5 Å². The van der Waals surface area contributed by atoms with Gasteiger partial charge < -0.3 is 11.1 Å². The van der Waals surface area contributed by atoms with Crippen molar-refractivity contribution in [3.63, 3.8) is 0 Å². The highest BCUT2D eigenvalue weighted by atomic mass is 16.1. The van der Waals surface area contributed by atoms with Gasteiger partial charge in [-0.1, -0.05) is 12.1 Å². The average molecular weight is 255 g/mol. The van der Waals surface area contributed by atoms with E-state index in [-0.39, 0.29) is 11.9 Å². The first kappa shape index (κ1) is 12.1. The Labute approximate surface area is 112 Å². The van der Waals surface area contributed by atoms with Crippen LogP contribution in [0.1, 0.15) is 23.2 Å². The Kier molecular flexibility index (Phi) is 3.17. The van der Waals surface area contributed by atoms with Crippen LogP contribution in [0.2, 0.25) is 0 Å². The van der Waals surface area contributed by atoms with E-state index in [9.17, 15) is 4.79 Å². The molecular formula is C15H17N3O. The lowest BCUT2D eigenvalue weighted by atomic mass is 10.1. The molecule has 1 saturated carbocycles. The molecule has 4 nitrogen and oxygen atoms in total. The van der Waals surface area contributed by atoms with E-state index in [0.29, 0.717) is 18.0 Å². The highest BCUT2D eigenvalue weighted by Crippen LogP contribution is 2.31. The van der Waals surface area contributed by atoms with Crippen LogP contribution < -0.4 is 11.1 Å². The summed E-state index contributed by atoms with van der Waals surface area (Å²) < 4.78 is 0. The fourth-order valence-corrected chi connectivity index (χ4v) is 2.30. The number of aromatic nitrogens is 1. The predicted octanol–water partition coefficient (Wildman–Crippen LogP) is 1.70. The predicted molar refractivity (Wildman–Crippen MR) is 74.8 cm³/mol. The number of rotatable bonds is 4. The Balaban J connectivity index is 1.77. The third-order valence-electron chi connectivity index (χ3n) is 3.62. The number of nitrogens with zero attached hydrogens (tertiary/aromatic N) is 1. The first-order valence-corrected chi connectivity index (χ1v) is 6.63. The molecule has 1 aromatic carbocycles. The van der Waals surface area contributed by atoms with Crippen LogP contribution in [0, 0.1) is 5.92 Å². The molecule has 0 saturated heterocycles. The number of nitrogens with one attached hydrogen (secondary N) is 1. The van der Waals surface area contributed by atoms with Gasteiger partial charge in [-0.2, -0.15) is 0 Å². The van der Waals surface area contributed by atoms with Crippen LogP contribution in [0.3, 0.4) is 0 Å². The number of fused-ring (bicyclic) bond motifs is 1. The summed E-state index contributed by atoms with van der Waals surface area (Å²) in [6.45, 7) is 0.542. The lowest BCUT2D eigenvalue weighted by Crippen LogP contribution is -2.38. The van der Waals surface area contributed by atoms with Gasteiger partial charge in [-0.25, -0.2) is 0 Å². The van der Waals surface area contributed by atoms with E-state index in [0.717, 1.165) is 10.9 Å². The second-order valence-corrected chi connectivity index (χ2v) is 5.09. The lowest BCUT2D eigenvalue weighted by Gasteiger charge is -2.12. The van der Waals surface area contributed by atoms with Crippen LogP contribution in [0.4, 0.5) is 0 Å². The molecule has 19 heavy (non-hydrogen) atoms. The molecule has 1 heterocycles. The molecule has 3 N–H and O–H groups in total. The summed E-state index contributed by atoms with van der Waals surface area (Å²) in [6.07, 6.45) is 4.11. The third-order valence-corrected chi connectivity index (χ3v) is 3.62. The summed E-state index contributed by atoms with van der Waals surface area (Å²) in [5, 5.41) is 3.80. The van der Waals surface area contributed by atoms with Crippen molar-refractivity contribution in [2.45, 2.75) is 18.9 Å². The summed E-state index contributed by atoms with van der Waals surface area (Å²) in [7, 11) is 0. The van der Waals surface area contributed by atoms with Crippen LogP contribution in [-0.4, -0.2) is 23.5 Å². The van der Waals surface area contributed by atoms with Crippen molar-refractivity contribution in [2.75, 3.05) is 6.54 Å². The standard InChI is InChI=1S/C15H17N3O/c16-13(10-6-7-10)9-18-15(19)12-3-1-5-14-11(12)4-2-8-17-14/h1-5,8,10,13H,6-7,9,16H2,(H,18,19)/t13-/m1/s1. The highest BCUT2D eigenvalue weighted by molar-refractivity contribution is 6.06. The van der Waals surface area contributed by atoms with Gasteiger partial charge in [0, 0.05) is 29.7 Å². The zero-order valence-electron chi connectivity index (χ0n) is 10.7. The summed E-state index contributed by atoms with van der Waals surface area (Å²) in [5.74, 6) is 0.518. The van der Waals surface area contributed by atoms with Gasteiger partial charge in [0.2, 0.25) is 0 Å². The number of hydrogen-bond donors (Lipinski definition) is 2. The van der Waals surface area contributed by atoms with Gasteiger partial charge >= 0.3 is 0 Å². The summed E-state index contributed by atoms with van der Waals surface area (Å²) >= 11 is 0. The van der Waals surface area contributed by atoms with E-state index in [1.54, 1.807) is 6.20 Å². The number of benzene rings is 1. The Morgan fingerprint density at radius 3 is 3.00 bits per heavy atom. The van der Waals surface area contributed by atoms with Crippen LogP contribution >= 0.6 is 0 Å².